The summed E-state index contributed by atoms with van der Waals surface area (Å²) in [6, 6.07) is 5.66. The van der Waals surface area contributed by atoms with E-state index in [0.29, 0.717) is 30.8 Å². The first-order chi connectivity index (χ1) is 13.7. The van der Waals surface area contributed by atoms with Gasteiger partial charge in [-0.05, 0) is 51.3 Å². The number of piperidine rings is 1. The zero-order valence-corrected chi connectivity index (χ0v) is 18.1. The minimum atomic E-state index is -3.74. The van der Waals surface area contributed by atoms with Crippen molar-refractivity contribution in [2.45, 2.75) is 44.7 Å². The Hall–Kier alpha value is -2.39. The number of benzene rings is 1. The van der Waals surface area contributed by atoms with Crippen molar-refractivity contribution in [1.82, 2.24) is 13.9 Å². The minimum absolute atomic E-state index is 0.0209. The van der Waals surface area contributed by atoms with Crippen LogP contribution >= 0.6 is 0 Å². The van der Waals surface area contributed by atoms with Crippen LogP contribution in [0.5, 0.6) is 5.75 Å². The van der Waals surface area contributed by atoms with Gasteiger partial charge in [0.2, 0.25) is 5.91 Å². The molecule has 0 unspecified atom stereocenters. The highest BCUT2D eigenvalue weighted by Gasteiger charge is 2.34. The fourth-order valence-electron chi connectivity index (χ4n) is 3.39. The van der Waals surface area contributed by atoms with E-state index in [1.807, 2.05) is 32.9 Å². The number of sulfonamides is 1. The molecule has 2 heterocycles. The molecule has 158 valence electrons. The minimum Gasteiger partial charge on any atom is -0.495 e. The molecule has 1 N–H and O–H groups in total. The smallest absolute Gasteiger partial charge is 0.262 e. The third-order valence-corrected chi connectivity index (χ3v) is 6.90. The van der Waals surface area contributed by atoms with Crippen molar-refractivity contribution in [2.75, 3.05) is 25.5 Å². The summed E-state index contributed by atoms with van der Waals surface area (Å²) in [4.78, 5) is 16.9. The Morgan fingerprint density at radius 3 is 2.76 bits per heavy atom. The molecule has 0 saturated carbocycles. The Morgan fingerprint density at radius 2 is 2.10 bits per heavy atom. The zero-order chi connectivity index (χ0) is 21.2. The van der Waals surface area contributed by atoms with E-state index in [-0.39, 0.29) is 23.5 Å². The number of rotatable bonds is 6. The van der Waals surface area contributed by atoms with Gasteiger partial charge in [0, 0.05) is 25.3 Å². The van der Waals surface area contributed by atoms with E-state index in [1.54, 1.807) is 23.9 Å². The number of amides is 1. The third-order valence-electron chi connectivity index (χ3n) is 5.15. The summed E-state index contributed by atoms with van der Waals surface area (Å²) in [7, 11) is -2.19. The molecule has 1 atom stereocenters. The summed E-state index contributed by atoms with van der Waals surface area (Å²) in [6.45, 7) is 6.36. The van der Waals surface area contributed by atoms with Crippen LogP contribution in [0.15, 0.2) is 35.7 Å². The molecule has 2 aromatic rings. The van der Waals surface area contributed by atoms with Crippen molar-refractivity contribution >= 4 is 21.6 Å². The van der Waals surface area contributed by atoms with Gasteiger partial charge in [0.1, 0.15) is 5.75 Å². The number of ether oxygens (including phenoxy) is 1. The maximum absolute atomic E-state index is 13.0. The van der Waals surface area contributed by atoms with Crippen LogP contribution in [0.2, 0.25) is 0 Å². The molecule has 1 fully saturated rings. The third kappa shape index (κ3) is 4.62. The van der Waals surface area contributed by atoms with Crippen molar-refractivity contribution in [1.29, 1.82) is 0 Å². The summed E-state index contributed by atoms with van der Waals surface area (Å²) in [5, 5.41) is 2.92. The lowest BCUT2D eigenvalue weighted by Gasteiger charge is -2.30. The fraction of sp³-hybridized carbons (Fsp3) is 0.500. The maximum Gasteiger partial charge on any atom is 0.262 e. The van der Waals surface area contributed by atoms with Crippen molar-refractivity contribution in [3.8, 4) is 5.75 Å². The number of carbonyl (C=O) groups is 1. The molecule has 8 nitrogen and oxygen atoms in total. The average molecular weight is 421 g/mol. The Balaban J connectivity index is 1.74. The number of aromatic nitrogens is 2. The highest BCUT2D eigenvalue weighted by molar-refractivity contribution is 7.89. The van der Waals surface area contributed by atoms with E-state index in [1.165, 1.54) is 10.6 Å². The quantitative estimate of drug-likeness (QED) is 0.776. The molecule has 1 aromatic heterocycles. The molecule has 3 rings (SSSR count). The van der Waals surface area contributed by atoms with Crippen LogP contribution in [0.3, 0.4) is 0 Å². The molecule has 0 bridgehead atoms. The summed E-state index contributed by atoms with van der Waals surface area (Å²) in [6.07, 6.45) is 4.32. The van der Waals surface area contributed by atoms with Gasteiger partial charge < -0.3 is 14.6 Å². The number of anilines is 1. The molecule has 0 spiro atoms. The average Bonchev–Trinajstić information content (AvgIpc) is 3.20. The lowest BCUT2D eigenvalue weighted by atomic mass is 9.98. The molecule has 9 heteroatoms. The maximum atomic E-state index is 13.0. The van der Waals surface area contributed by atoms with Crippen molar-refractivity contribution in [3.05, 3.63) is 36.3 Å². The van der Waals surface area contributed by atoms with Gasteiger partial charge in [-0.15, -0.1) is 0 Å². The highest BCUT2D eigenvalue weighted by Crippen LogP contribution is 2.28. The van der Waals surface area contributed by atoms with Gasteiger partial charge >= 0.3 is 0 Å². The van der Waals surface area contributed by atoms with Gasteiger partial charge in [-0.1, -0.05) is 6.07 Å². The SMILES string of the molecule is COc1ccc(C)cc1NC(=O)[C@@H]1CCCN(S(=O)(=O)c2cn(C(C)C)cn2)C1. The topological polar surface area (TPSA) is 93.5 Å². The van der Waals surface area contributed by atoms with E-state index in [2.05, 4.69) is 10.3 Å². The first kappa shape index (κ1) is 21.3. The van der Waals surface area contributed by atoms with Gasteiger partial charge in [0.25, 0.3) is 10.0 Å². The molecule has 1 saturated heterocycles. The molecule has 1 amide bonds. The van der Waals surface area contributed by atoms with E-state index in [0.717, 1.165) is 5.56 Å². The Morgan fingerprint density at radius 1 is 1.34 bits per heavy atom. The first-order valence-electron chi connectivity index (χ1n) is 9.71. The highest BCUT2D eigenvalue weighted by atomic mass is 32.2. The fourth-order valence-corrected chi connectivity index (χ4v) is 4.84. The summed E-state index contributed by atoms with van der Waals surface area (Å²) >= 11 is 0. The van der Waals surface area contributed by atoms with Crippen LogP contribution in [-0.2, 0) is 14.8 Å². The van der Waals surface area contributed by atoms with Crippen LogP contribution < -0.4 is 10.1 Å². The Labute approximate surface area is 171 Å². The summed E-state index contributed by atoms with van der Waals surface area (Å²) < 4.78 is 34.4. The largest absolute Gasteiger partial charge is 0.495 e. The second kappa shape index (κ2) is 8.54. The number of nitrogens with zero attached hydrogens (tertiary/aromatic N) is 3. The van der Waals surface area contributed by atoms with E-state index < -0.39 is 15.9 Å². The van der Waals surface area contributed by atoms with Gasteiger partial charge in [-0.3, -0.25) is 4.79 Å². The standard InChI is InChI=1S/C20H28N4O4S/c1-14(2)23-12-19(21-13-23)29(26,27)24-9-5-6-16(11-24)20(25)22-17-10-15(3)7-8-18(17)28-4/h7-8,10,12-14,16H,5-6,9,11H2,1-4H3,(H,22,25)/t16-/m1/s1. The van der Waals surface area contributed by atoms with Crippen LogP contribution in [0.1, 0.15) is 38.3 Å². The number of methoxy groups -OCH3 is 1. The van der Waals surface area contributed by atoms with Crippen LogP contribution in [0.4, 0.5) is 5.69 Å². The molecule has 1 aliphatic rings. The van der Waals surface area contributed by atoms with Crippen LogP contribution in [-0.4, -0.2) is 48.4 Å². The van der Waals surface area contributed by atoms with E-state index in [4.69, 9.17) is 4.74 Å². The predicted octanol–water partition coefficient (Wildman–Crippen LogP) is 2.82. The van der Waals surface area contributed by atoms with Gasteiger partial charge in [0.15, 0.2) is 5.03 Å². The number of aryl methyl sites for hydroxylation is 1. The number of nitrogens with one attached hydrogen (secondary N) is 1. The summed E-state index contributed by atoms with van der Waals surface area (Å²) in [5.41, 5.74) is 1.59. The lowest BCUT2D eigenvalue weighted by Crippen LogP contribution is -2.43. The number of carbonyl (C=O) groups excluding carboxylic acids is 1. The number of imidazole rings is 1. The van der Waals surface area contributed by atoms with Crippen molar-refractivity contribution < 1.29 is 17.9 Å². The Kier molecular flexibility index (Phi) is 6.28. The molecular weight excluding hydrogens is 392 g/mol. The Bertz CT molecular complexity index is 984. The van der Waals surface area contributed by atoms with E-state index >= 15 is 0 Å². The molecule has 29 heavy (non-hydrogen) atoms. The molecule has 1 aliphatic heterocycles. The predicted molar refractivity (Wildman–Crippen MR) is 110 cm³/mol. The van der Waals surface area contributed by atoms with Gasteiger partial charge in [-0.2, -0.15) is 4.31 Å². The second-order valence-electron chi connectivity index (χ2n) is 7.65. The second-order valence-corrected chi connectivity index (χ2v) is 9.53. The van der Waals surface area contributed by atoms with Crippen LogP contribution in [0, 0.1) is 12.8 Å². The van der Waals surface area contributed by atoms with Crippen LogP contribution in [0.25, 0.3) is 0 Å². The molecule has 1 aromatic carbocycles. The molecule has 0 aliphatic carbocycles. The van der Waals surface area contributed by atoms with Gasteiger partial charge in [0.05, 0.1) is 25.0 Å². The van der Waals surface area contributed by atoms with E-state index in [9.17, 15) is 13.2 Å². The normalized spacial score (nSPS) is 18.0. The van der Waals surface area contributed by atoms with Gasteiger partial charge in [-0.25, -0.2) is 13.4 Å². The molecular formula is C20H28N4O4S. The lowest BCUT2D eigenvalue weighted by molar-refractivity contribution is -0.120. The summed E-state index contributed by atoms with van der Waals surface area (Å²) in [5.74, 6) is -0.0686. The van der Waals surface area contributed by atoms with Crippen molar-refractivity contribution in [2.24, 2.45) is 5.92 Å². The molecule has 0 radical (unpaired) electrons. The first-order valence-corrected chi connectivity index (χ1v) is 11.2. The monoisotopic (exact) mass is 420 g/mol. The zero-order valence-electron chi connectivity index (χ0n) is 17.3. The number of hydrogen-bond donors (Lipinski definition) is 1. The number of hydrogen-bond acceptors (Lipinski definition) is 5. The van der Waals surface area contributed by atoms with Crippen molar-refractivity contribution in [3.63, 3.8) is 0 Å².